The number of benzene rings is 1. The highest BCUT2D eigenvalue weighted by atomic mass is 32.2. The molecule has 19 heavy (non-hydrogen) atoms. The molecule has 0 saturated heterocycles. The Morgan fingerprint density at radius 1 is 1.42 bits per heavy atom. The molecule has 0 aliphatic heterocycles. The first-order chi connectivity index (χ1) is 8.62. The lowest BCUT2D eigenvalue weighted by Crippen LogP contribution is -2.46. The second-order valence-corrected chi connectivity index (χ2v) is 6.46. The Labute approximate surface area is 112 Å². The number of sulfonamides is 1. The van der Waals surface area contributed by atoms with E-state index in [9.17, 15) is 18.3 Å². The van der Waals surface area contributed by atoms with Crippen molar-refractivity contribution in [1.82, 2.24) is 4.72 Å². The first-order valence-electron chi connectivity index (χ1n) is 5.61. The molecule has 1 rings (SSSR count). The van der Waals surface area contributed by atoms with Gasteiger partial charge in [0, 0.05) is 6.54 Å². The van der Waals surface area contributed by atoms with Crippen LogP contribution >= 0.6 is 0 Å². The molecule has 7 heteroatoms. The molecular formula is C12H17NO5S. The minimum Gasteiger partial charge on any atom is -0.479 e. The molecule has 1 aromatic rings. The highest BCUT2D eigenvalue weighted by Crippen LogP contribution is 2.09. The van der Waals surface area contributed by atoms with Crippen LogP contribution < -0.4 is 4.72 Å². The predicted octanol–water partition coefficient (Wildman–Crippen LogP) is 0.250. The van der Waals surface area contributed by atoms with E-state index in [1.807, 2.05) is 13.0 Å². The topological polar surface area (TPSA) is 104 Å². The highest BCUT2D eigenvalue weighted by Gasteiger charge is 2.31. The molecule has 0 heterocycles. The molecule has 106 valence electrons. The minimum atomic E-state index is -3.69. The Morgan fingerprint density at radius 3 is 2.58 bits per heavy atom. The van der Waals surface area contributed by atoms with Gasteiger partial charge in [-0.05, 0) is 19.4 Å². The molecule has 0 spiro atoms. The highest BCUT2D eigenvalue weighted by molar-refractivity contribution is 7.88. The summed E-state index contributed by atoms with van der Waals surface area (Å²) in [6.07, 6.45) is 0. The second kappa shape index (κ2) is 5.68. The molecule has 0 bridgehead atoms. The van der Waals surface area contributed by atoms with E-state index in [1.54, 1.807) is 18.2 Å². The summed E-state index contributed by atoms with van der Waals surface area (Å²) in [6, 6.07) is 6.99. The van der Waals surface area contributed by atoms with Gasteiger partial charge in [0.15, 0.2) is 5.60 Å². The van der Waals surface area contributed by atoms with E-state index in [0.717, 1.165) is 12.5 Å². The van der Waals surface area contributed by atoms with Gasteiger partial charge in [-0.25, -0.2) is 17.9 Å². The smallest absolute Gasteiger partial charge is 0.336 e. The van der Waals surface area contributed by atoms with Crippen molar-refractivity contribution in [2.24, 2.45) is 0 Å². The molecule has 6 nitrogen and oxygen atoms in total. The average Bonchev–Trinajstić information content (AvgIpc) is 2.26. The van der Waals surface area contributed by atoms with Crippen LogP contribution in [0.2, 0.25) is 0 Å². The zero-order chi connectivity index (χ0) is 14.7. The van der Waals surface area contributed by atoms with Crippen molar-refractivity contribution in [3.8, 4) is 0 Å². The number of carboxylic acids is 1. The summed E-state index contributed by atoms with van der Waals surface area (Å²) in [5.74, 6) is -1.74. The van der Waals surface area contributed by atoms with Gasteiger partial charge in [0.2, 0.25) is 10.0 Å². The van der Waals surface area contributed by atoms with Crippen LogP contribution in [0.15, 0.2) is 24.3 Å². The number of rotatable bonds is 6. The molecule has 0 amide bonds. The minimum absolute atomic E-state index is 0.260. The van der Waals surface area contributed by atoms with Crippen LogP contribution in [0.4, 0.5) is 0 Å². The summed E-state index contributed by atoms with van der Waals surface area (Å²) in [6.45, 7) is 2.31. The lowest BCUT2D eigenvalue weighted by Gasteiger charge is -2.18. The average molecular weight is 287 g/mol. The van der Waals surface area contributed by atoms with Gasteiger partial charge in [-0.15, -0.1) is 0 Å². The standard InChI is InChI=1S/C12H17NO5S/c1-9-4-3-5-10(6-9)7-19(17,18)13-8-12(2,16)11(14)15/h3-6,13,16H,7-8H2,1-2H3,(H,14,15). The Morgan fingerprint density at radius 2 is 2.05 bits per heavy atom. The summed E-state index contributed by atoms with van der Waals surface area (Å²) in [4.78, 5) is 10.7. The molecule has 0 fully saturated rings. The van der Waals surface area contributed by atoms with Crippen molar-refractivity contribution in [2.75, 3.05) is 6.54 Å². The summed E-state index contributed by atoms with van der Waals surface area (Å²) >= 11 is 0. The van der Waals surface area contributed by atoms with E-state index in [0.29, 0.717) is 5.56 Å². The lowest BCUT2D eigenvalue weighted by molar-refractivity contribution is -0.155. The van der Waals surface area contributed by atoms with E-state index in [2.05, 4.69) is 4.72 Å². The fourth-order valence-electron chi connectivity index (χ4n) is 1.40. The van der Waals surface area contributed by atoms with Gasteiger partial charge in [0.1, 0.15) is 0 Å². The van der Waals surface area contributed by atoms with Crippen molar-refractivity contribution in [3.63, 3.8) is 0 Å². The maximum absolute atomic E-state index is 11.8. The molecule has 0 aliphatic carbocycles. The van der Waals surface area contributed by atoms with Gasteiger partial charge in [-0.3, -0.25) is 0 Å². The van der Waals surface area contributed by atoms with Gasteiger partial charge in [0.25, 0.3) is 0 Å². The zero-order valence-corrected chi connectivity index (χ0v) is 11.6. The van der Waals surface area contributed by atoms with Crippen LogP contribution in [0.5, 0.6) is 0 Å². The third-order valence-electron chi connectivity index (χ3n) is 2.54. The molecule has 3 N–H and O–H groups in total. The molecule has 1 unspecified atom stereocenters. The first-order valence-corrected chi connectivity index (χ1v) is 7.26. The van der Waals surface area contributed by atoms with Gasteiger partial charge >= 0.3 is 5.97 Å². The number of carbonyl (C=O) groups is 1. The van der Waals surface area contributed by atoms with Gasteiger partial charge < -0.3 is 10.2 Å². The van der Waals surface area contributed by atoms with Gasteiger partial charge in [0.05, 0.1) is 5.75 Å². The van der Waals surface area contributed by atoms with Crippen molar-refractivity contribution >= 4 is 16.0 Å². The quantitative estimate of drug-likeness (QED) is 0.696. The third kappa shape index (κ3) is 4.98. The largest absolute Gasteiger partial charge is 0.479 e. The van der Waals surface area contributed by atoms with E-state index >= 15 is 0 Å². The molecule has 1 aromatic carbocycles. The van der Waals surface area contributed by atoms with E-state index in [4.69, 9.17) is 5.11 Å². The Kier molecular flexibility index (Phi) is 4.67. The number of hydrogen-bond donors (Lipinski definition) is 3. The number of aliphatic hydroxyl groups is 1. The van der Waals surface area contributed by atoms with Crippen LogP contribution in [0.3, 0.4) is 0 Å². The Hall–Kier alpha value is -1.44. The predicted molar refractivity (Wildman–Crippen MR) is 70.1 cm³/mol. The molecule has 0 saturated carbocycles. The van der Waals surface area contributed by atoms with Crippen molar-refractivity contribution in [2.45, 2.75) is 25.2 Å². The first kappa shape index (κ1) is 15.6. The maximum Gasteiger partial charge on any atom is 0.336 e. The zero-order valence-electron chi connectivity index (χ0n) is 10.8. The maximum atomic E-state index is 11.8. The SMILES string of the molecule is Cc1cccc(CS(=O)(=O)NCC(C)(O)C(=O)O)c1. The van der Waals surface area contributed by atoms with Crippen LogP contribution in [0, 0.1) is 6.92 Å². The molecular weight excluding hydrogens is 270 g/mol. The van der Waals surface area contributed by atoms with Crippen molar-refractivity contribution in [1.29, 1.82) is 0 Å². The third-order valence-corrected chi connectivity index (χ3v) is 3.83. The lowest BCUT2D eigenvalue weighted by atomic mass is 10.1. The number of nitrogens with one attached hydrogen (secondary N) is 1. The molecule has 0 radical (unpaired) electrons. The number of hydrogen-bond acceptors (Lipinski definition) is 4. The molecule has 0 aromatic heterocycles. The van der Waals surface area contributed by atoms with Crippen LogP contribution in [-0.4, -0.2) is 36.7 Å². The summed E-state index contributed by atoms with van der Waals surface area (Å²) < 4.78 is 25.6. The Balaban J connectivity index is 2.70. The molecule has 1 atom stereocenters. The Bertz CT molecular complexity index is 565. The number of carboxylic acid groups (broad SMARTS) is 1. The summed E-state index contributed by atoms with van der Waals surface area (Å²) in [5, 5.41) is 18.1. The van der Waals surface area contributed by atoms with Crippen molar-refractivity contribution < 1.29 is 23.4 Å². The fraction of sp³-hybridized carbons (Fsp3) is 0.417. The van der Waals surface area contributed by atoms with Crippen LogP contribution in [0.25, 0.3) is 0 Å². The van der Waals surface area contributed by atoms with E-state index < -0.39 is 28.1 Å². The second-order valence-electron chi connectivity index (χ2n) is 4.65. The van der Waals surface area contributed by atoms with Gasteiger partial charge in [-0.1, -0.05) is 29.8 Å². The normalized spacial score (nSPS) is 14.9. The monoisotopic (exact) mass is 287 g/mol. The summed E-state index contributed by atoms with van der Waals surface area (Å²) in [7, 11) is -3.69. The molecule has 0 aliphatic rings. The van der Waals surface area contributed by atoms with Gasteiger partial charge in [-0.2, -0.15) is 0 Å². The number of aliphatic carboxylic acids is 1. The van der Waals surface area contributed by atoms with Crippen LogP contribution in [0.1, 0.15) is 18.1 Å². The number of aryl methyl sites for hydroxylation is 1. The van der Waals surface area contributed by atoms with Crippen molar-refractivity contribution in [3.05, 3.63) is 35.4 Å². The fourth-order valence-corrected chi connectivity index (χ4v) is 2.62. The summed E-state index contributed by atoms with van der Waals surface area (Å²) in [5.41, 5.74) is -0.590. The van der Waals surface area contributed by atoms with E-state index in [1.165, 1.54) is 0 Å². The van der Waals surface area contributed by atoms with Crippen LogP contribution in [-0.2, 0) is 20.6 Å². The van der Waals surface area contributed by atoms with E-state index in [-0.39, 0.29) is 5.75 Å².